The maximum Gasteiger partial charge on any atom is 0.262 e. The Morgan fingerprint density at radius 3 is 2.44 bits per heavy atom. The third-order valence-corrected chi connectivity index (χ3v) is 4.98. The van der Waals surface area contributed by atoms with E-state index in [1.54, 1.807) is 29.6 Å². The summed E-state index contributed by atoms with van der Waals surface area (Å²) in [5, 5.41) is 10.8. The van der Waals surface area contributed by atoms with Crippen LogP contribution in [0.3, 0.4) is 0 Å². The number of rotatable bonds is 4. The number of anilines is 2. The number of hydrogen-bond donors (Lipinski definition) is 1. The molecule has 1 unspecified atom stereocenters. The predicted molar refractivity (Wildman–Crippen MR) is 106 cm³/mol. The molecule has 1 N–H and O–H groups in total. The molecule has 0 saturated carbocycles. The standard InChI is InChI=1S/C20H16N4O2S/c1-13-17(19(26)24(23-13)15-10-6-3-7-11-15)16-12-27-20(21-16)22-18(25)14-8-4-2-5-9-14/h2-12,17H,1H3,(H,21,22,25). The zero-order chi connectivity index (χ0) is 18.8. The Morgan fingerprint density at radius 2 is 1.74 bits per heavy atom. The fourth-order valence-electron chi connectivity index (χ4n) is 2.90. The summed E-state index contributed by atoms with van der Waals surface area (Å²) >= 11 is 1.29. The van der Waals surface area contributed by atoms with Gasteiger partial charge < -0.3 is 0 Å². The van der Waals surface area contributed by atoms with Crippen molar-refractivity contribution in [3.8, 4) is 0 Å². The van der Waals surface area contributed by atoms with E-state index < -0.39 is 5.92 Å². The highest BCUT2D eigenvalue weighted by Gasteiger charge is 2.37. The van der Waals surface area contributed by atoms with Gasteiger partial charge in [-0.2, -0.15) is 10.1 Å². The Labute approximate surface area is 160 Å². The van der Waals surface area contributed by atoms with Gasteiger partial charge in [0.05, 0.1) is 17.1 Å². The molecule has 0 saturated heterocycles. The minimum absolute atomic E-state index is 0.148. The van der Waals surface area contributed by atoms with Crippen molar-refractivity contribution in [2.75, 3.05) is 10.3 Å². The van der Waals surface area contributed by atoms with Crippen LogP contribution in [0.25, 0.3) is 0 Å². The molecular weight excluding hydrogens is 360 g/mol. The maximum absolute atomic E-state index is 12.9. The molecule has 1 aliphatic rings. The molecular formula is C20H16N4O2S. The molecule has 3 aromatic rings. The Kier molecular flexibility index (Phi) is 4.52. The van der Waals surface area contributed by atoms with E-state index in [1.165, 1.54) is 16.3 Å². The third-order valence-electron chi connectivity index (χ3n) is 4.21. The van der Waals surface area contributed by atoms with Gasteiger partial charge in [-0.25, -0.2) is 4.98 Å². The Hall–Kier alpha value is -3.32. The number of benzene rings is 2. The summed E-state index contributed by atoms with van der Waals surface area (Å²) in [5.41, 5.74) is 2.54. The van der Waals surface area contributed by atoms with Crippen LogP contribution in [-0.4, -0.2) is 22.5 Å². The Morgan fingerprint density at radius 1 is 1.07 bits per heavy atom. The van der Waals surface area contributed by atoms with E-state index in [-0.39, 0.29) is 11.8 Å². The summed E-state index contributed by atoms with van der Waals surface area (Å²) in [5.74, 6) is -0.917. The largest absolute Gasteiger partial charge is 0.298 e. The fraction of sp³-hybridized carbons (Fsp3) is 0.100. The van der Waals surface area contributed by atoms with Crippen LogP contribution < -0.4 is 10.3 Å². The monoisotopic (exact) mass is 376 g/mol. The number of nitrogens with zero attached hydrogens (tertiary/aromatic N) is 3. The minimum atomic E-state index is -0.538. The van der Waals surface area contributed by atoms with Crippen LogP contribution in [0.5, 0.6) is 0 Å². The number of nitrogens with one attached hydrogen (secondary N) is 1. The summed E-state index contributed by atoms with van der Waals surface area (Å²) < 4.78 is 0. The molecule has 0 bridgehead atoms. The van der Waals surface area contributed by atoms with Crippen molar-refractivity contribution < 1.29 is 9.59 Å². The van der Waals surface area contributed by atoms with Crippen LogP contribution in [0, 0.1) is 0 Å². The highest BCUT2D eigenvalue weighted by atomic mass is 32.1. The van der Waals surface area contributed by atoms with Crippen LogP contribution in [0.4, 0.5) is 10.8 Å². The molecule has 0 radical (unpaired) electrons. The van der Waals surface area contributed by atoms with Crippen LogP contribution in [0.15, 0.2) is 71.1 Å². The van der Waals surface area contributed by atoms with Crippen molar-refractivity contribution in [3.63, 3.8) is 0 Å². The van der Waals surface area contributed by atoms with Gasteiger partial charge in [-0.3, -0.25) is 14.9 Å². The molecule has 2 amide bonds. The van der Waals surface area contributed by atoms with Gasteiger partial charge in [0.2, 0.25) is 0 Å². The third kappa shape index (κ3) is 3.37. The first-order valence-corrected chi connectivity index (χ1v) is 9.27. The van der Waals surface area contributed by atoms with Gasteiger partial charge in [-0.15, -0.1) is 11.3 Å². The maximum atomic E-state index is 12.9. The second-order valence-corrected chi connectivity index (χ2v) is 6.92. The SMILES string of the molecule is CC1=NN(c2ccccc2)C(=O)C1c1csc(NC(=O)c2ccccc2)n1. The first kappa shape index (κ1) is 17.1. The van der Waals surface area contributed by atoms with E-state index >= 15 is 0 Å². The van der Waals surface area contributed by atoms with E-state index in [1.807, 2.05) is 43.3 Å². The first-order valence-electron chi connectivity index (χ1n) is 8.39. The van der Waals surface area contributed by atoms with Crippen molar-refractivity contribution in [2.24, 2.45) is 5.10 Å². The van der Waals surface area contributed by atoms with E-state index in [4.69, 9.17) is 0 Å². The van der Waals surface area contributed by atoms with Crippen molar-refractivity contribution in [2.45, 2.75) is 12.8 Å². The number of carbonyl (C=O) groups excluding carboxylic acids is 2. The lowest BCUT2D eigenvalue weighted by atomic mass is 10.0. The quantitative estimate of drug-likeness (QED) is 0.750. The van der Waals surface area contributed by atoms with E-state index in [0.29, 0.717) is 22.1 Å². The van der Waals surface area contributed by atoms with Crippen molar-refractivity contribution in [3.05, 3.63) is 77.3 Å². The molecule has 0 spiro atoms. The number of aromatic nitrogens is 1. The normalized spacial score (nSPS) is 16.3. The molecule has 0 aliphatic carbocycles. The zero-order valence-corrected chi connectivity index (χ0v) is 15.3. The van der Waals surface area contributed by atoms with Crippen molar-refractivity contribution in [1.29, 1.82) is 0 Å². The van der Waals surface area contributed by atoms with Gasteiger partial charge in [0.15, 0.2) is 5.13 Å². The Bertz CT molecular complexity index is 1010. The summed E-state index contributed by atoms with van der Waals surface area (Å²) in [6, 6.07) is 18.2. The average Bonchev–Trinajstić information content (AvgIpc) is 3.26. The van der Waals surface area contributed by atoms with E-state index in [0.717, 1.165) is 5.69 Å². The smallest absolute Gasteiger partial charge is 0.262 e. The number of hydrazone groups is 1. The molecule has 2 heterocycles. The minimum Gasteiger partial charge on any atom is -0.298 e. The second kappa shape index (κ2) is 7.13. The van der Waals surface area contributed by atoms with Crippen molar-refractivity contribution >= 4 is 39.7 Å². The van der Waals surface area contributed by atoms with E-state index in [2.05, 4.69) is 15.4 Å². The molecule has 1 atom stereocenters. The highest BCUT2D eigenvalue weighted by Crippen LogP contribution is 2.32. The Balaban J connectivity index is 1.53. The number of amides is 2. The molecule has 2 aromatic carbocycles. The molecule has 134 valence electrons. The van der Waals surface area contributed by atoms with E-state index in [9.17, 15) is 9.59 Å². The number of carbonyl (C=O) groups is 2. The van der Waals surface area contributed by atoms with Crippen LogP contribution in [0.1, 0.15) is 28.9 Å². The number of hydrogen-bond acceptors (Lipinski definition) is 5. The molecule has 1 aliphatic heterocycles. The topological polar surface area (TPSA) is 74.7 Å². The summed E-state index contributed by atoms with van der Waals surface area (Å²) in [6.45, 7) is 1.81. The average molecular weight is 376 g/mol. The summed E-state index contributed by atoms with van der Waals surface area (Å²) in [7, 11) is 0. The second-order valence-electron chi connectivity index (χ2n) is 6.06. The molecule has 7 heteroatoms. The lowest BCUT2D eigenvalue weighted by Gasteiger charge is -2.13. The summed E-state index contributed by atoms with van der Waals surface area (Å²) in [4.78, 5) is 29.6. The van der Waals surface area contributed by atoms with Crippen LogP contribution in [-0.2, 0) is 4.79 Å². The van der Waals surface area contributed by atoms with Gasteiger partial charge >= 0.3 is 0 Å². The molecule has 27 heavy (non-hydrogen) atoms. The van der Waals surface area contributed by atoms with Gasteiger partial charge in [-0.05, 0) is 31.2 Å². The van der Waals surface area contributed by atoms with Gasteiger partial charge in [0.25, 0.3) is 11.8 Å². The zero-order valence-electron chi connectivity index (χ0n) is 14.5. The first-order chi connectivity index (χ1) is 13.1. The number of thiazole rings is 1. The van der Waals surface area contributed by atoms with Crippen LogP contribution in [0.2, 0.25) is 0 Å². The summed E-state index contributed by atoms with van der Waals surface area (Å²) in [6.07, 6.45) is 0. The van der Waals surface area contributed by atoms with Gasteiger partial charge in [0, 0.05) is 10.9 Å². The molecule has 4 rings (SSSR count). The predicted octanol–water partition coefficient (Wildman–Crippen LogP) is 3.90. The fourth-order valence-corrected chi connectivity index (χ4v) is 3.63. The molecule has 1 aromatic heterocycles. The number of para-hydroxylation sites is 1. The lowest BCUT2D eigenvalue weighted by Crippen LogP contribution is -2.25. The van der Waals surface area contributed by atoms with Crippen LogP contribution >= 0.6 is 11.3 Å². The molecule has 6 nitrogen and oxygen atoms in total. The van der Waals surface area contributed by atoms with Crippen molar-refractivity contribution in [1.82, 2.24) is 4.98 Å². The lowest BCUT2D eigenvalue weighted by molar-refractivity contribution is -0.118. The van der Waals surface area contributed by atoms with Gasteiger partial charge in [-0.1, -0.05) is 36.4 Å². The highest BCUT2D eigenvalue weighted by molar-refractivity contribution is 7.14. The van der Waals surface area contributed by atoms with Gasteiger partial charge in [0.1, 0.15) is 5.92 Å². The molecule has 0 fully saturated rings.